The second-order valence-electron chi connectivity index (χ2n) is 3.96. The SMILES string of the molecule is CCCOc1ccc(OCc2ccc(Cl)nn2)cc1. The van der Waals surface area contributed by atoms with Gasteiger partial charge in [-0.1, -0.05) is 18.5 Å². The van der Waals surface area contributed by atoms with Crippen molar-refractivity contribution >= 4 is 11.6 Å². The van der Waals surface area contributed by atoms with Crippen molar-refractivity contribution in [2.24, 2.45) is 0 Å². The maximum absolute atomic E-state index is 5.66. The zero-order chi connectivity index (χ0) is 13.5. The minimum atomic E-state index is 0.360. The first-order valence-corrected chi connectivity index (χ1v) is 6.49. The standard InChI is InChI=1S/C14H15ClN2O2/c1-2-9-18-12-4-6-13(7-5-12)19-10-11-3-8-14(15)17-16-11/h3-8H,2,9-10H2,1H3. The molecular weight excluding hydrogens is 264 g/mol. The highest BCUT2D eigenvalue weighted by atomic mass is 35.5. The lowest BCUT2D eigenvalue weighted by Gasteiger charge is -2.07. The van der Waals surface area contributed by atoms with Gasteiger partial charge in [-0.2, -0.15) is 5.10 Å². The van der Waals surface area contributed by atoms with Gasteiger partial charge in [-0.25, -0.2) is 0 Å². The maximum Gasteiger partial charge on any atom is 0.151 e. The monoisotopic (exact) mass is 278 g/mol. The van der Waals surface area contributed by atoms with Crippen molar-refractivity contribution in [1.29, 1.82) is 0 Å². The summed E-state index contributed by atoms with van der Waals surface area (Å²) in [5.74, 6) is 1.61. The van der Waals surface area contributed by atoms with Gasteiger partial charge in [0.05, 0.1) is 6.61 Å². The first-order valence-electron chi connectivity index (χ1n) is 6.11. The minimum Gasteiger partial charge on any atom is -0.494 e. The quantitative estimate of drug-likeness (QED) is 0.811. The molecule has 0 aliphatic rings. The number of hydrogen-bond donors (Lipinski definition) is 0. The van der Waals surface area contributed by atoms with E-state index >= 15 is 0 Å². The van der Waals surface area contributed by atoms with Crippen LogP contribution >= 0.6 is 11.6 Å². The largest absolute Gasteiger partial charge is 0.494 e. The molecule has 2 rings (SSSR count). The summed E-state index contributed by atoms with van der Waals surface area (Å²) in [7, 11) is 0. The molecule has 0 spiro atoms. The lowest BCUT2D eigenvalue weighted by atomic mass is 10.3. The fourth-order valence-electron chi connectivity index (χ4n) is 1.43. The van der Waals surface area contributed by atoms with E-state index in [2.05, 4.69) is 17.1 Å². The molecule has 0 radical (unpaired) electrons. The van der Waals surface area contributed by atoms with E-state index in [1.165, 1.54) is 0 Å². The predicted molar refractivity (Wildman–Crippen MR) is 73.6 cm³/mol. The van der Waals surface area contributed by atoms with Crippen LogP contribution in [0.5, 0.6) is 11.5 Å². The lowest BCUT2D eigenvalue weighted by molar-refractivity contribution is 0.296. The van der Waals surface area contributed by atoms with Crippen LogP contribution in [0.3, 0.4) is 0 Å². The molecule has 0 saturated carbocycles. The molecule has 1 aromatic heterocycles. The molecule has 1 heterocycles. The van der Waals surface area contributed by atoms with E-state index in [4.69, 9.17) is 21.1 Å². The van der Waals surface area contributed by atoms with Crippen molar-refractivity contribution in [2.75, 3.05) is 6.61 Å². The molecular formula is C14H15ClN2O2. The van der Waals surface area contributed by atoms with Crippen LogP contribution in [0.2, 0.25) is 5.15 Å². The van der Waals surface area contributed by atoms with Gasteiger partial charge in [0.1, 0.15) is 23.8 Å². The van der Waals surface area contributed by atoms with E-state index in [0.29, 0.717) is 11.8 Å². The Morgan fingerprint density at radius 3 is 2.21 bits per heavy atom. The molecule has 4 nitrogen and oxygen atoms in total. The normalized spacial score (nSPS) is 10.2. The molecule has 0 unspecified atom stereocenters. The molecule has 0 atom stereocenters. The van der Waals surface area contributed by atoms with Crippen molar-refractivity contribution < 1.29 is 9.47 Å². The Morgan fingerprint density at radius 1 is 0.947 bits per heavy atom. The summed E-state index contributed by atoms with van der Waals surface area (Å²) in [6.45, 7) is 3.16. The van der Waals surface area contributed by atoms with E-state index in [1.54, 1.807) is 12.1 Å². The fraction of sp³-hybridized carbons (Fsp3) is 0.286. The molecule has 0 amide bonds. The second-order valence-corrected chi connectivity index (χ2v) is 4.34. The van der Waals surface area contributed by atoms with Crippen LogP contribution < -0.4 is 9.47 Å². The zero-order valence-electron chi connectivity index (χ0n) is 10.7. The van der Waals surface area contributed by atoms with Crippen LogP contribution in [0.15, 0.2) is 36.4 Å². The van der Waals surface area contributed by atoms with Crippen molar-refractivity contribution in [2.45, 2.75) is 20.0 Å². The molecule has 0 bridgehead atoms. The Labute approximate surface area is 117 Å². The molecule has 0 N–H and O–H groups in total. The van der Waals surface area contributed by atoms with Crippen LogP contribution in [0.25, 0.3) is 0 Å². The van der Waals surface area contributed by atoms with E-state index in [-0.39, 0.29) is 0 Å². The van der Waals surface area contributed by atoms with Gasteiger partial charge in [-0.15, -0.1) is 5.10 Å². The van der Waals surface area contributed by atoms with Crippen LogP contribution in [-0.4, -0.2) is 16.8 Å². The van der Waals surface area contributed by atoms with Gasteiger partial charge in [-0.05, 0) is 42.8 Å². The summed E-state index contributed by atoms with van der Waals surface area (Å²) < 4.78 is 11.1. The molecule has 0 saturated heterocycles. The van der Waals surface area contributed by atoms with Gasteiger partial charge >= 0.3 is 0 Å². The van der Waals surface area contributed by atoms with E-state index < -0.39 is 0 Å². The van der Waals surface area contributed by atoms with Crippen molar-refractivity contribution in [3.8, 4) is 11.5 Å². The van der Waals surface area contributed by atoms with Gasteiger partial charge in [0.15, 0.2) is 5.15 Å². The number of ether oxygens (including phenoxy) is 2. The molecule has 19 heavy (non-hydrogen) atoms. The lowest BCUT2D eigenvalue weighted by Crippen LogP contribution is -2.00. The van der Waals surface area contributed by atoms with E-state index in [9.17, 15) is 0 Å². The Hall–Kier alpha value is -1.81. The summed E-state index contributed by atoms with van der Waals surface area (Å²) in [5.41, 5.74) is 0.732. The number of rotatable bonds is 6. The number of nitrogens with zero attached hydrogens (tertiary/aromatic N) is 2. The Kier molecular flexibility index (Phi) is 4.98. The van der Waals surface area contributed by atoms with Gasteiger partial charge < -0.3 is 9.47 Å². The molecule has 100 valence electrons. The second kappa shape index (κ2) is 6.95. The third kappa shape index (κ3) is 4.41. The van der Waals surface area contributed by atoms with Gasteiger partial charge in [-0.3, -0.25) is 0 Å². The zero-order valence-corrected chi connectivity index (χ0v) is 11.4. The molecule has 1 aromatic carbocycles. The van der Waals surface area contributed by atoms with Crippen molar-refractivity contribution in [3.63, 3.8) is 0 Å². The number of benzene rings is 1. The maximum atomic E-state index is 5.66. The molecule has 0 aliphatic carbocycles. The topological polar surface area (TPSA) is 44.2 Å². The summed E-state index contributed by atoms with van der Waals surface area (Å²) in [5, 5.41) is 8.05. The fourth-order valence-corrected chi connectivity index (χ4v) is 1.53. The first-order chi connectivity index (χ1) is 9.28. The minimum absolute atomic E-state index is 0.360. The first kappa shape index (κ1) is 13.6. The van der Waals surface area contributed by atoms with Crippen LogP contribution in [0.4, 0.5) is 0 Å². The average molecular weight is 279 g/mol. The van der Waals surface area contributed by atoms with Crippen LogP contribution in [0, 0.1) is 0 Å². The summed E-state index contributed by atoms with van der Waals surface area (Å²) >= 11 is 5.66. The number of hydrogen-bond acceptors (Lipinski definition) is 4. The van der Waals surface area contributed by atoms with E-state index in [1.807, 2.05) is 24.3 Å². The third-order valence-electron chi connectivity index (χ3n) is 2.37. The smallest absolute Gasteiger partial charge is 0.151 e. The number of halogens is 1. The van der Waals surface area contributed by atoms with Gasteiger partial charge in [0.25, 0.3) is 0 Å². The summed E-state index contributed by atoms with van der Waals surface area (Å²) in [6.07, 6.45) is 0.994. The highest BCUT2D eigenvalue weighted by molar-refractivity contribution is 6.29. The van der Waals surface area contributed by atoms with Gasteiger partial charge in [0, 0.05) is 0 Å². The van der Waals surface area contributed by atoms with Crippen molar-refractivity contribution in [1.82, 2.24) is 10.2 Å². The Morgan fingerprint density at radius 2 is 1.63 bits per heavy atom. The molecule has 2 aromatic rings. The molecule has 0 aliphatic heterocycles. The predicted octanol–water partition coefficient (Wildman–Crippen LogP) is 3.50. The number of aromatic nitrogens is 2. The van der Waals surface area contributed by atoms with Crippen LogP contribution in [0.1, 0.15) is 19.0 Å². The average Bonchev–Trinajstić information content (AvgIpc) is 2.46. The molecule has 5 heteroatoms. The Bertz CT molecular complexity index is 500. The van der Waals surface area contributed by atoms with Crippen molar-refractivity contribution in [3.05, 3.63) is 47.2 Å². The molecule has 0 fully saturated rings. The summed E-state index contributed by atoms with van der Waals surface area (Å²) in [4.78, 5) is 0. The van der Waals surface area contributed by atoms with E-state index in [0.717, 1.165) is 30.2 Å². The highest BCUT2D eigenvalue weighted by Crippen LogP contribution is 2.18. The highest BCUT2D eigenvalue weighted by Gasteiger charge is 1.99. The third-order valence-corrected chi connectivity index (χ3v) is 2.57. The Balaban J connectivity index is 1.87. The van der Waals surface area contributed by atoms with Crippen LogP contribution in [-0.2, 0) is 6.61 Å². The van der Waals surface area contributed by atoms with Gasteiger partial charge in [0.2, 0.25) is 0 Å². The summed E-state index contributed by atoms with van der Waals surface area (Å²) in [6, 6.07) is 11.0.